The smallest absolute Gasteiger partial charge is 0.338 e. The van der Waals surface area contributed by atoms with Crippen molar-refractivity contribution in [1.29, 1.82) is 0 Å². The van der Waals surface area contributed by atoms with E-state index in [2.05, 4.69) is 5.32 Å². The van der Waals surface area contributed by atoms with Crippen molar-refractivity contribution >= 4 is 17.3 Å². The molecule has 1 aromatic carbocycles. The molecule has 1 aromatic rings. The predicted molar refractivity (Wildman–Crippen MR) is 69.8 cm³/mol. The first-order chi connectivity index (χ1) is 8.83. The van der Waals surface area contributed by atoms with E-state index in [0.717, 1.165) is 18.6 Å². The van der Waals surface area contributed by atoms with Crippen LogP contribution in [0.15, 0.2) is 12.1 Å². The molecule has 104 valence electrons. The topological polar surface area (TPSA) is 84.6 Å². The largest absolute Gasteiger partial charge is 0.478 e. The zero-order valence-corrected chi connectivity index (χ0v) is 10.9. The highest BCUT2D eigenvalue weighted by Gasteiger charge is 2.37. The number of nitrogens with two attached hydrogens (primary N) is 1. The third kappa shape index (κ3) is 2.49. The predicted octanol–water partition coefficient (Wildman–Crippen LogP) is 2.09. The first-order valence-electron chi connectivity index (χ1n) is 6.05. The van der Waals surface area contributed by atoms with Gasteiger partial charge in [0.1, 0.15) is 5.82 Å². The van der Waals surface area contributed by atoms with E-state index >= 15 is 0 Å². The van der Waals surface area contributed by atoms with Gasteiger partial charge >= 0.3 is 5.97 Å². The van der Waals surface area contributed by atoms with Gasteiger partial charge in [-0.25, -0.2) is 9.18 Å². The normalized spacial score (nSPS) is 26.4. The summed E-state index contributed by atoms with van der Waals surface area (Å²) in [5, 5.41) is 12.0. The van der Waals surface area contributed by atoms with E-state index < -0.39 is 17.3 Å². The molecule has 0 saturated carbocycles. The van der Waals surface area contributed by atoms with E-state index in [1.165, 1.54) is 0 Å². The number of hydrogen-bond acceptors (Lipinski definition) is 4. The van der Waals surface area contributed by atoms with Crippen molar-refractivity contribution in [2.75, 3.05) is 17.7 Å². The highest BCUT2D eigenvalue weighted by atomic mass is 19.1. The van der Waals surface area contributed by atoms with Crippen LogP contribution in [0.4, 0.5) is 15.8 Å². The molecule has 1 aliphatic rings. The van der Waals surface area contributed by atoms with Gasteiger partial charge in [0.2, 0.25) is 0 Å². The van der Waals surface area contributed by atoms with Crippen LogP contribution in [0.1, 0.15) is 30.6 Å². The molecule has 0 aromatic heterocycles. The second-order valence-electron chi connectivity index (χ2n) is 5.03. The monoisotopic (exact) mass is 268 g/mol. The SMILES string of the molecule is CC1OCCC1(C)Nc1cc(F)c(C(=O)O)cc1N. The molecular formula is C13H17FN2O3. The number of hydrogen-bond donors (Lipinski definition) is 3. The van der Waals surface area contributed by atoms with Crippen molar-refractivity contribution in [3.8, 4) is 0 Å². The summed E-state index contributed by atoms with van der Waals surface area (Å²) in [4.78, 5) is 10.8. The van der Waals surface area contributed by atoms with Crippen molar-refractivity contribution < 1.29 is 19.0 Å². The highest BCUT2D eigenvalue weighted by Crippen LogP contribution is 2.32. The van der Waals surface area contributed by atoms with E-state index in [-0.39, 0.29) is 17.3 Å². The van der Waals surface area contributed by atoms with Crippen molar-refractivity contribution in [2.45, 2.75) is 31.9 Å². The summed E-state index contributed by atoms with van der Waals surface area (Å²) in [6, 6.07) is 2.25. The Labute approximate surface area is 110 Å². The van der Waals surface area contributed by atoms with Crippen LogP contribution in [0.3, 0.4) is 0 Å². The van der Waals surface area contributed by atoms with E-state index in [0.29, 0.717) is 12.3 Å². The molecule has 1 heterocycles. The van der Waals surface area contributed by atoms with Crippen LogP contribution >= 0.6 is 0 Å². The Morgan fingerprint density at radius 1 is 1.63 bits per heavy atom. The van der Waals surface area contributed by atoms with Gasteiger partial charge in [-0.05, 0) is 32.4 Å². The summed E-state index contributed by atoms with van der Waals surface area (Å²) in [6.07, 6.45) is 0.740. The van der Waals surface area contributed by atoms with Crippen LogP contribution in [0.25, 0.3) is 0 Å². The van der Waals surface area contributed by atoms with Gasteiger partial charge in [-0.3, -0.25) is 0 Å². The lowest BCUT2D eigenvalue weighted by Crippen LogP contribution is -2.41. The van der Waals surface area contributed by atoms with E-state index in [1.54, 1.807) is 0 Å². The standard InChI is InChI=1S/C13H17FN2O3/c1-7-13(2,3-4-19-7)16-11-6-9(14)8(12(17)18)5-10(11)15/h5-7,16H,3-4,15H2,1-2H3,(H,17,18). The quantitative estimate of drug-likeness (QED) is 0.731. The Morgan fingerprint density at radius 2 is 2.32 bits per heavy atom. The minimum absolute atomic E-state index is 0.0332. The lowest BCUT2D eigenvalue weighted by molar-refractivity contribution is 0.0692. The number of aromatic carboxylic acids is 1. The Hall–Kier alpha value is -1.82. The number of nitrogens with one attached hydrogen (secondary N) is 1. The number of ether oxygens (including phenoxy) is 1. The molecule has 0 radical (unpaired) electrons. The van der Waals surface area contributed by atoms with Gasteiger partial charge < -0.3 is 20.9 Å². The Kier molecular flexibility index (Phi) is 3.36. The maximum atomic E-state index is 13.7. The minimum Gasteiger partial charge on any atom is -0.478 e. The molecule has 1 fully saturated rings. The van der Waals surface area contributed by atoms with Gasteiger partial charge in [-0.15, -0.1) is 0 Å². The van der Waals surface area contributed by atoms with Crippen molar-refractivity contribution in [3.63, 3.8) is 0 Å². The van der Waals surface area contributed by atoms with Crippen LogP contribution in [-0.2, 0) is 4.74 Å². The number of rotatable bonds is 3. The molecule has 19 heavy (non-hydrogen) atoms. The first-order valence-corrected chi connectivity index (χ1v) is 6.05. The molecule has 2 atom stereocenters. The summed E-state index contributed by atoms with van der Waals surface area (Å²) < 4.78 is 19.2. The summed E-state index contributed by atoms with van der Waals surface area (Å²) >= 11 is 0. The van der Waals surface area contributed by atoms with Gasteiger partial charge in [0, 0.05) is 6.61 Å². The molecule has 2 rings (SSSR count). The molecule has 0 amide bonds. The maximum absolute atomic E-state index is 13.7. The van der Waals surface area contributed by atoms with Crippen molar-refractivity contribution in [3.05, 3.63) is 23.5 Å². The van der Waals surface area contributed by atoms with Gasteiger partial charge in [-0.1, -0.05) is 0 Å². The molecule has 0 bridgehead atoms. The Bertz CT molecular complexity index is 521. The molecule has 0 spiro atoms. The number of halogens is 1. The van der Waals surface area contributed by atoms with Gasteiger partial charge in [0.15, 0.2) is 0 Å². The van der Waals surface area contributed by atoms with Crippen molar-refractivity contribution in [1.82, 2.24) is 0 Å². The molecule has 2 unspecified atom stereocenters. The van der Waals surface area contributed by atoms with Gasteiger partial charge in [-0.2, -0.15) is 0 Å². The lowest BCUT2D eigenvalue weighted by Gasteiger charge is -2.30. The highest BCUT2D eigenvalue weighted by molar-refractivity contribution is 5.90. The fourth-order valence-electron chi connectivity index (χ4n) is 2.17. The third-order valence-corrected chi connectivity index (χ3v) is 3.68. The van der Waals surface area contributed by atoms with E-state index in [4.69, 9.17) is 15.6 Å². The van der Waals surface area contributed by atoms with Crippen LogP contribution in [0.5, 0.6) is 0 Å². The number of carboxylic acids is 1. The second kappa shape index (κ2) is 4.70. The average molecular weight is 268 g/mol. The van der Waals surface area contributed by atoms with Crippen LogP contribution < -0.4 is 11.1 Å². The minimum atomic E-state index is -1.33. The molecular weight excluding hydrogens is 251 g/mol. The third-order valence-electron chi connectivity index (χ3n) is 3.68. The van der Waals surface area contributed by atoms with Crippen LogP contribution in [-0.4, -0.2) is 29.3 Å². The molecule has 6 heteroatoms. The van der Waals surface area contributed by atoms with Crippen molar-refractivity contribution in [2.24, 2.45) is 0 Å². The molecule has 0 aliphatic carbocycles. The Balaban J connectivity index is 2.31. The summed E-state index contributed by atoms with van der Waals surface area (Å²) in [6.45, 7) is 4.52. The zero-order valence-electron chi connectivity index (χ0n) is 10.9. The number of carbonyl (C=O) groups is 1. The van der Waals surface area contributed by atoms with Crippen LogP contribution in [0.2, 0.25) is 0 Å². The van der Waals surface area contributed by atoms with Gasteiger partial charge in [0.05, 0.1) is 28.6 Å². The van der Waals surface area contributed by atoms with E-state index in [9.17, 15) is 9.18 Å². The number of anilines is 2. The zero-order chi connectivity index (χ0) is 14.2. The molecule has 5 nitrogen and oxygen atoms in total. The summed E-state index contributed by atoms with van der Waals surface area (Å²) in [5.41, 5.74) is 5.61. The second-order valence-corrected chi connectivity index (χ2v) is 5.03. The van der Waals surface area contributed by atoms with E-state index in [1.807, 2.05) is 13.8 Å². The summed E-state index contributed by atoms with van der Waals surface area (Å²) in [5.74, 6) is -2.14. The Morgan fingerprint density at radius 3 is 2.84 bits per heavy atom. The molecule has 1 aliphatic heterocycles. The lowest BCUT2D eigenvalue weighted by atomic mass is 9.94. The molecule has 4 N–H and O–H groups in total. The van der Waals surface area contributed by atoms with Gasteiger partial charge in [0.25, 0.3) is 0 Å². The average Bonchev–Trinajstić information content (AvgIpc) is 2.63. The fourth-order valence-corrected chi connectivity index (χ4v) is 2.17. The fraction of sp³-hybridized carbons (Fsp3) is 0.462. The number of benzene rings is 1. The molecule has 1 saturated heterocycles. The maximum Gasteiger partial charge on any atom is 0.338 e. The number of carboxylic acid groups (broad SMARTS) is 1. The van der Waals surface area contributed by atoms with Crippen LogP contribution in [0, 0.1) is 5.82 Å². The number of nitrogen functional groups attached to an aromatic ring is 1. The first kappa shape index (κ1) is 13.6. The summed E-state index contributed by atoms with van der Waals surface area (Å²) in [7, 11) is 0.